The normalized spacial score (nSPS) is 26.8. The van der Waals surface area contributed by atoms with Crippen molar-refractivity contribution >= 4 is 11.6 Å². The minimum absolute atomic E-state index is 0.775. The number of benzene rings is 2. The summed E-state index contributed by atoms with van der Waals surface area (Å²) in [6.07, 6.45) is 16.0. The molecule has 2 fully saturated rings. The molecular formula is C28H37Cl. The molecule has 0 aromatic heterocycles. The summed E-state index contributed by atoms with van der Waals surface area (Å²) < 4.78 is 0. The molecule has 2 aromatic rings. The van der Waals surface area contributed by atoms with E-state index in [4.69, 9.17) is 11.6 Å². The molecule has 1 heteroatoms. The van der Waals surface area contributed by atoms with Crippen LogP contribution in [0.5, 0.6) is 0 Å². The van der Waals surface area contributed by atoms with Gasteiger partial charge < -0.3 is 0 Å². The lowest BCUT2D eigenvalue weighted by atomic mass is 9.63. The van der Waals surface area contributed by atoms with E-state index >= 15 is 0 Å². The molecule has 0 N–H and O–H groups in total. The Morgan fingerprint density at radius 3 is 2.10 bits per heavy atom. The van der Waals surface area contributed by atoms with E-state index in [-0.39, 0.29) is 0 Å². The van der Waals surface area contributed by atoms with Gasteiger partial charge in [-0.2, -0.15) is 0 Å². The molecule has 1 unspecified atom stereocenters. The quantitative estimate of drug-likeness (QED) is 0.400. The molecule has 4 atom stereocenters. The van der Waals surface area contributed by atoms with Crippen LogP contribution in [0.2, 0.25) is 5.02 Å². The first-order valence-corrected chi connectivity index (χ1v) is 12.5. The lowest BCUT2D eigenvalue weighted by molar-refractivity contribution is 0.113. The average Bonchev–Trinajstić information content (AvgIpc) is 2.77. The van der Waals surface area contributed by atoms with E-state index in [1.165, 1.54) is 81.8 Å². The summed E-state index contributed by atoms with van der Waals surface area (Å²) in [5.74, 6) is 3.81. The summed E-state index contributed by atoms with van der Waals surface area (Å²) in [5, 5.41) is 0.804. The zero-order chi connectivity index (χ0) is 20.1. The molecular weight excluding hydrogens is 372 g/mol. The van der Waals surface area contributed by atoms with Crippen molar-refractivity contribution in [1.82, 2.24) is 0 Å². The molecule has 0 heterocycles. The lowest BCUT2D eigenvalue weighted by Crippen LogP contribution is -2.30. The van der Waals surface area contributed by atoms with Gasteiger partial charge in [-0.1, -0.05) is 93.4 Å². The molecule has 0 nitrogen and oxygen atoms in total. The molecule has 0 bridgehead atoms. The Bertz CT molecular complexity index is 745. The minimum atomic E-state index is 0.775. The summed E-state index contributed by atoms with van der Waals surface area (Å²) in [5.41, 5.74) is 4.10. The number of rotatable bonds is 7. The number of unbranched alkanes of at least 4 members (excludes halogenated alkanes) is 3. The standard InChI is InChI=1S/C28H37Cl/c1-2-3-4-5-6-21-7-8-27-20-26(14-13-25(27)19-21)24-11-9-22(10-12-24)23-15-17-28(29)18-16-23/h9-12,15-18,21,25-27H,2-8,13-14,19-20H2,1H3/t21?,25-,26-,27-/m1/s1. The van der Waals surface area contributed by atoms with Gasteiger partial charge >= 0.3 is 0 Å². The lowest BCUT2D eigenvalue weighted by Gasteiger charge is -2.42. The van der Waals surface area contributed by atoms with Crippen molar-refractivity contribution in [3.8, 4) is 11.1 Å². The van der Waals surface area contributed by atoms with E-state index in [9.17, 15) is 0 Å². The summed E-state index contributed by atoms with van der Waals surface area (Å²) >= 11 is 6.03. The molecule has 2 aromatic carbocycles. The fraction of sp³-hybridized carbons (Fsp3) is 0.571. The maximum atomic E-state index is 6.03. The zero-order valence-corrected chi connectivity index (χ0v) is 18.8. The highest BCUT2D eigenvalue weighted by atomic mass is 35.5. The van der Waals surface area contributed by atoms with Crippen molar-refractivity contribution in [2.75, 3.05) is 0 Å². The number of hydrogen-bond donors (Lipinski definition) is 0. The van der Waals surface area contributed by atoms with Gasteiger partial charge in [-0.15, -0.1) is 0 Å². The van der Waals surface area contributed by atoms with Gasteiger partial charge in [-0.25, -0.2) is 0 Å². The Labute approximate surface area is 183 Å². The largest absolute Gasteiger partial charge is 0.0843 e. The van der Waals surface area contributed by atoms with Gasteiger partial charge in [0.05, 0.1) is 0 Å². The molecule has 0 aliphatic heterocycles. The third-order valence-corrected chi connectivity index (χ3v) is 8.00. The van der Waals surface area contributed by atoms with Crippen LogP contribution in [0.1, 0.15) is 89.0 Å². The smallest absolute Gasteiger partial charge is 0.0406 e. The van der Waals surface area contributed by atoms with Crippen molar-refractivity contribution in [1.29, 1.82) is 0 Å². The first kappa shape index (κ1) is 21.0. The van der Waals surface area contributed by atoms with Crippen molar-refractivity contribution in [2.24, 2.45) is 17.8 Å². The third kappa shape index (κ3) is 5.46. The fourth-order valence-corrected chi connectivity index (χ4v) is 6.13. The van der Waals surface area contributed by atoms with Crippen LogP contribution in [0.15, 0.2) is 48.5 Å². The van der Waals surface area contributed by atoms with Gasteiger partial charge in [0.1, 0.15) is 0 Å². The van der Waals surface area contributed by atoms with Crippen LogP contribution in [0.4, 0.5) is 0 Å². The van der Waals surface area contributed by atoms with Crippen molar-refractivity contribution < 1.29 is 0 Å². The van der Waals surface area contributed by atoms with Gasteiger partial charge in [0.25, 0.3) is 0 Å². The third-order valence-electron chi connectivity index (χ3n) is 7.75. The molecule has 2 aliphatic rings. The summed E-state index contributed by atoms with van der Waals surface area (Å²) in [6, 6.07) is 17.6. The van der Waals surface area contributed by atoms with Crippen molar-refractivity contribution in [2.45, 2.75) is 83.5 Å². The monoisotopic (exact) mass is 408 g/mol. The SMILES string of the molecule is CCCCCCC1CC[C@@H]2C[C@H](c3ccc(-c4ccc(Cl)cc4)cc3)CC[C@@H]2C1. The van der Waals surface area contributed by atoms with Crippen LogP contribution in [-0.2, 0) is 0 Å². The molecule has 4 rings (SSSR count). The van der Waals surface area contributed by atoms with Crippen molar-refractivity contribution in [3.63, 3.8) is 0 Å². The molecule has 156 valence electrons. The van der Waals surface area contributed by atoms with E-state index in [0.717, 1.165) is 28.7 Å². The highest BCUT2D eigenvalue weighted by Crippen LogP contribution is 2.48. The van der Waals surface area contributed by atoms with E-state index in [2.05, 4.69) is 43.3 Å². The van der Waals surface area contributed by atoms with Crippen LogP contribution in [0.3, 0.4) is 0 Å². The summed E-state index contributed by atoms with van der Waals surface area (Å²) in [7, 11) is 0. The van der Waals surface area contributed by atoms with E-state index in [1.807, 2.05) is 12.1 Å². The average molecular weight is 409 g/mol. The van der Waals surface area contributed by atoms with E-state index in [0.29, 0.717) is 0 Å². The predicted molar refractivity (Wildman–Crippen MR) is 127 cm³/mol. The Kier molecular flexibility index (Phi) is 7.35. The number of fused-ring (bicyclic) bond motifs is 1. The first-order chi connectivity index (χ1) is 14.2. The Morgan fingerprint density at radius 1 is 0.724 bits per heavy atom. The van der Waals surface area contributed by atoms with Gasteiger partial charge in [0, 0.05) is 5.02 Å². The highest BCUT2D eigenvalue weighted by Gasteiger charge is 2.35. The second-order valence-corrected chi connectivity index (χ2v) is 10.1. The maximum Gasteiger partial charge on any atom is 0.0406 e. The maximum absolute atomic E-state index is 6.03. The molecule has 0 radical (unpaired) electrons. The Balaban J connectivity index is 1.30. The van der Waals surface area contributed by atoms with Crippen LogP contribution in [0.25, 0.3) is 11.1 Å². The number of hydrogen-bond acceptors (Lipinski definition) is 0. The molecule has 2 aliphatic carbocycles. The summed E-state index contributed by atoms with van der Waals surface area (Å²) in [6.45, 7) is 2.31. The topological polar surface area (TPSA) is 0 Å². The van der Waals surface area contributed by atoms with Gasteiger partial charge in [0.2, 0.25) is 0 Å². The van der Waals surface area contributed by atoms with Gasteiger partial charge in [0.15, 0.2) is 0 Å². The van der Waals surface area contributed by atoms with Crippen molar-refractivity contribution in [3.05, 3.63) is 59.1 Å². The first-order valence-electron chi connectivity index (χ1n) is 12.1. The minimum Gasteiger partial charge on any atom is -0.0843 e. The fourth-order valence-electron chi connectivity index (χ4n) is 6.00. The molecule has 29 heavy (non-hydrogen) atoms. The molecule has 2 saturated carbocycles. The number of halogens is 1. The van der Waals surface area contributed by atoms with Crippen LogP contribution >= 0.6 is 11.6 Å². The van der Waals surface area contributed by atoms with Crippen LogP contribution < -0.4 is 0 Å². The second kappa shape index (κ2) is 10.2. The highest BCUT2D eigenvalue weighted by molar-refractivity contribution is 6.30. The zero-order valence-electron chi connectivity index (χ0n) is 18.1. The molecule has 0 amide bonds. The predicted octanol–water partition coefficient (Wildman–Crippen LogP) is 9.28. The van der Waals surface area contributed by atoms with Crippen LogP contribution in [-0.4, -0.2) is 0 Å². The van der Waals surface area contributed by atoms with E-state index in [1.54, 1.807) is 5.56 Å². The molecule has 0 saturated heterocycles. The van der Waals surface area contributed by atoms with Gasteiger partial charge in [-0.3, -0.25) is 0 Å². The van der Waals surface area contributed by atoms with Crippen LogP contribution in [0, 0.1) is 17.8 Å². The van der Waals surface area contributed by atoms with Gasteiger partial charge in [-0.05, 0) is 84.6 Å². The Hall–Kier alpha value is -1.27. The second-order valence-electron chi connectivity index (χ2n) is 9.69. The summed E-state index contributed by atoms with van der Waals surface area (Å²) in [4.78, 5) is 0. The Morgan fingerprint density at radius 2 is 1.38 bits per heavy atom. The van der Waals surface area contributed by atoms with E-state index < -0.39 is 0 Å². The molecule has 0 spiro atoms.